The Balaban J connectivity index is 1.81. The third-order valence-electron chi connectivity index (χ3n) is 5.01. The summed E-state index contributed by atoms with van der Waals surface area (Å²) in [6.45, 7) is 5.99. The number of ketones is 1. The van der Waals surface area contributed by atoms with Crippen molar-refractivity contribution in [3.05, 3.63) is 84.3 Å². The Morgan fingerprint density at radius 1 is 1.07 bits per heavy atom. The molecule has 0 bridgehead atoms. The zero-order chi connectivity index (χ0) is 20.4. The third kappa shape index (κ3) is 3.73. The van der Waals surface area contributed by atoms with Crippen LogP contribution in [0.5, 0.6) is 0 Å². The predicted octanol–water partition coefficient (Wildman–Crippen LogP) is 4.44. The minimum absolute atomic E-state index is 0.0392. The molecule has 4 aromatic rings. The van der Waals surface area contributed by atoms with Crippen LogP contribution in [0, 0.1) is 0 Å². The molecular formula is C24H22N4O. The number of hydrogen-bond acceptors (Lipinski definition) is 4. The predicted molar refractivity (Wildman–Crippen MR) is 116 cm³/mol. The van der Waals surface area contributed by atoms with Crippen molar-refractivity contribution in [1.82, 2.24) is 15.0 Å². The highest BCUT2D eigenvalue weighted by atomic mass is 16.1. The van der Waals surface area contributed by atoms with Crippen molar-refractivity contribution in [1.29, 1.82) is 0 Å². The summed E-state index contributed by atoms with van der Waals surface area (Å²) < 4.78 is 0. The Bertz CT molecular complexity index is 1210. The summed E-state index contributed by atoms with van der Waals surface area (Å²) >= 11 is 0. The normalized spacial score (nSPS) is 11.0. The van der Waals surface area contributed by atoms with Gasteiger partial charge in [-0.05, 0) is 35.3 Å². The van der Waals surface area contributed by atoms with Gasteiger partial charge in [-0.15, -0.1) is 0 Å². The van der Waals surface area contributed by atoms with E-state index in [0.29, 0.717) is 18.5 Å². The Kier molecular flexibility index (Phi) is 5.06. The molecule has 0 aliphatic heterocycles. The van der Waals surface area contributed by atoms with Crippen molar-refractivity contribution in [2.75, 3.05) is 0 Å². The molecule has 5 heteroatoms. The summed E-state index contributed by atoms with van der Waals surface area (Å²) in [6, 6.07) is 16.1. The van der Waals surface area contributed by atoms with Gasteiger partial charge in [0.05, 0.1) is 11.1 Å². The van der Waals surface area contributed by atoms with Crippen molar-refractivity contribution < 1.29 is 4.79 Å². The van der Waals surface area contributed by atoms with Crippen molar-refractivity contribution in [3.63, 3.8) is 0 Å². The Morgan fingerprint density at radius 2 is 1.86 bits per heavy atom. The van der Waals surface area contributed by atoms with Crippen molar-refractivity contribution in [2.45, 2.75) is 19.9 Å². The molecule has 0 atom stereocenters. The third-order valence-corrected chi connectivity index (χ3v) is 5.01. The van der Waals surface area contributed by atoms with E-state index in [1.165, 1.54) is 0 Å². The number of carbonyl (C=O) groups excluding carboxylic acids is 1. The lowest BCUT2D eigenvalue weighted by Crippen LogP contribution is -2.03. The zero-order valence-electron chi connectivity index (χ0n) is 16.3. The first-order chi connectivity index (χ1) is 14.1. The fraction of sp³-hybridized carbons (Fsp3) is 0.125. The number of nitrogens with two attached hydrogens (primary N) is 1. The maximum absolute atomic E-state index is 12.1. The van der Waals surface area contributed by atoms with Crippen LogP contribution >= 0.6 is 0 Å². The molecule has 3 N–H and O–H groups in total. The van der Waals surface area contributed by atoms with Gasteiger partial charge in [0, 0.05) is 30.3 Å². The second kappa shape index (κ2) is 7.81. The van der Waals surface area contributed by atoms with Gasteiger partial charge in [-0.3, -0.25) is 4.79 Å². The van der Waals surface area contributed by atoms with E-state index < -0.39 is 0 Å². The van der Waals surface area contributed by atoms with Gasteiger partial charge < -0.3 is 10.7 Å². The highest BCUT2D eigenvalue weighted by Gasteiger charge is 2.15. The van der Waals surface area contributed by atoms with Crippen LogP contribution in [0.25, 0.3) is 33.4 Å². The van der Waals surface area contributed by atoms with Gasteiger partial charge in [-0.25, -0.2) is 9.97 Å². The molecule has 0 aliphatic carbocycles. The molecule has 2 heterocycles. The maximum atomic E-state index is 12.1. The highest BCUT2D eigenvalue weighted by molar-refractivity contribution is 6.02. The molecule has 0 spiro atoms. The number of H-pyrrole nitrogens is 1. The monoisotopic (exact) mass is 382 g/mol. The molecule has 2 aromatic carbocycles. The average Bonchev–Trinajstić information content (AvgIpc) is 3.18. The number of nitrogens with zero attached hydrogens (tertiary/aromatic N) is 2. The first-order valence-electron chi connectivity index (χ1n) is 9.46. The number of Topliss-reactive ketones (excluding diaryl/α,β-unsaturated/α-hetero) is 1. The van der Waals surface area contributed by atoms with E-state index in [1.54, 1.807) is 13.3 Å². The number of nitrogens with one attached hydrogen (secondary N) is 1. The molecule has 0 saturated heterocycles. The van der Waals surface area contributed by atoms with Gasteiger partial charge in [0.2, 0.25) is 0 Å². The number of rotatable bonds is 6. The average molecular weight is 382 g/mol. The van der Waals surface area contributed by atoms with Crippen molar-refractivity contribution in [2.24, 2.45) is 5.73 Å². The SMILES string of the molecule is C=C(C)C(=O)Cc1cccc(-c2ncnc3[nH]cc(-c4ccc(CN)cc4)c23)c1. The fourth-order valence-corrected chi connectivity index (χ4v) is 3.39. The Morgan fingerprint density at radius 3 is 2.59 bits per heavy atom. The molecule has 29 heavy (non-hydrogen) atoms. The largest absolute Gasteiger partial charge is 0.345 e. The minimum atomic E-state index is 0.0392. The van der Waals surface area contributed by atoms with Gasteiger partial charge in [0.15, 0.2) is 5.78 Å². The number of aromatic amines is 1. The minimum Gasteiger partial charge on any atom is -0.345 e. The standard InChI is InChI=1S/C24H22N4O/c1-15(2)21(29)11-17-4-3-5-19(10-17)23-22-20(13-26-24(22)28-14-27-23)18-8-6-16(12-25)7-9-18/h3-10,13-14H,1,11-12,25H2,2H3,(H,26,27,28). The van der Waals surface area contributed by atoms with Crippen LogP contribution in [0.15, 0.2) is 73.2 Å². The Labute approximate surface area is 169 Å². The second-order valence-electron chi connectivity index (χ2n) is 7.13. The molecule has 0 fully saturated rings. The van der Waals surface area contributed by atoms with E-state index in [4.69, 9.17) is 5.73 Å². The molecular weight excluding hydrogens is 360 g/mol. The lowest BCUT2D eigenvalue weighted by atomic mass is 9.98. The molecule has 0 aliphatic rings. The lowest BCUT2D eigenvalue weighted by molar-refractivity contribution is -0.114. The molecule has 0 amide bonds. The van der Waals surface area contributed by atoms with E-state index in [9.17, 15) is 4.79 Å². The Hall–Kier alpha value is -3.57. The van der Waals surface area contributed by atoms with Gasteiger partial charge in [-0.2, -0.15) is 0 Å². The molecule has 0 radical (unpaired) electrons. The summed E-state index contributed by atoms with van der Waals surface area (Å²) in [5.74, 6) is 0.0392. The van der Waals surface area contributed by atoms with E-state index >= 15 is 0 Å². The van der Waals surface area contributed by atoms with Gasteiger partial charge in [0.1, 0.15) is 12.0 Å². The van der Waals surface area contributed by atoms with Crippen molar-refractivity contribution >= 4 is 16.8 Å². The number of carbonyl (C=O) groups is 1. The number of allylic oxidation sites excluding steroid dienone is 1. The van der Waals surface area contributed by atoms with Crippen LogP contribution in [0.3, 0.4) is 0 Å². The highest BCUT2D eigenvalue weighted by Crippen LogP contribution is 2.34. The zero-order valence-corrected chi connectivity index (χ0v) is 16.3. The topological polar surface area (TPSA) is 84.7 Å². The van der Waals surface area contributed by atoms with Crippen LogP contribution < -0.4 is 5.73 Å². The van der Waals surface area contributed by atoms with Crippen LogP contribution in [0.4, 0.5) is 0 Å². The van der Waals surface area contributed by atoms with Crippen LogP contribution in [-0.2, 0) is 17.8 Å². The molecule has 5 nitrogen and oxygen atoms in total. The van der Waals surface area contributed by atoms with Gasteiger partial charge in [-0.1, -0.05) is 49.0 Å². The van der Waals surface area contributed by atoms with Gasteiger partial charge in [0.25, 0.3) is 0 Å². The number of benzene rings is 2. The molecule has 2 aromatic heterocycles. The molecule has 0 unspecified atom stereocenters. The number of fused-ring (bicyclic) bond motifs is 1. The molecule has 0 saturated carbocycles. The van der Waals surface area contributed by atoms with E-state index in [1.807, 2.05) is 42.6 Å². The smallest absolute Gasteiger partial charge is 0.162 e. The molecule has 4 rings (SSSR count). The fourth-order valence-electron chi connectivity index (χ4n) is 3.39. The summed E-state index contributed by atoms with van der Waals surface area (Å²) in [5.41, 5.74) is 13.0. The lowest BCUT2D eigenvalue weighted by Gasteiger charge is -2.08. The van der Waals surface area contributed by atoms with Crippen LogP contribution in [0.1, 0.15) is 18.1 Å². The van der Waals surface area contributed by atoms with E-state index in [0.717, 1.165) is 44.5 Å². The first-order valence-corrected chi connectivity index (χ1v) is 9.46. The first kappa shape index (κ1) is 18.8. The van der Waals surface area contributed by atoms with E-state index in [-0.39, 0.29) is 5.78 Å². The summed E-state index contributed by atoms with van der Waals surface area (Å²) in [6.07, 6.45) is 3.84. The quantitative estimate of drug-likeness (QED) is 0.483. The van der Waals surface area contributed by atoms with Gasteiger partial charge >= 0.3 is 0 Å². The van der Waals surface area contributed by atoms with Crippen molar-refractivity contribution in [3.8, 4) is 22.4 Å². The summed E-state index contributed by atoms with van der Waals surface area (Å²) in [4.78, 5) is 24.3. The molecule has 144 valence electrons. The van der Waals surface area contributed by atoms with E-state index in [2.05, 4.69) is 33.7 Å². The van der Waals surface area contributed by atoms with Crippen LogP contribution in [-0.4, -0.2) is 20.7 Å². The second-order valence-corrected chi connectivity index (χ2v) is 7.13. The number of hydrogen-bond donors (Lipinski definition) is 2. The maximum Gasteiger partial charge on any atom is 0.162 e. The summed E-state index contributed by atoms with van der Waals surface area (Å²) in [5, 5.41) is 0.955. The number of aromatic nitrogens is 3. The van der Waals surface area contributed by atoms with Crippen LogP contribution in [0.2, 0.25) is 0 Å². The summed E-state index contributed by atoms with van der Waals surface area (Å²) in [7, 11) is 0.